The van der Waals surface area contributed by atoms with Gasteiger partial charge >= 0.3 is 0 Å². The number of hydrogen-bond donors (Lipinski definition) is 1. The van der Waals surface area contributed by atoms with E-state index < -0.39 is 17.7 Å². The molecule has 0 bridgehead atoms. The predicted octanol–water partition coefficient (Wildman–Crippen LogP) is 4.36. The van der Waals surface area contributed by atoms with Crippen LogP contribution in [0.1, 0.15) is 35.6 Å². The molecular weight excluding hydrogens is 434 g/mol. The fraction of sp³-hybridized carbons (Fsp3) is 0.304. The van der Waals surface area contributed by atoms with Crippen LogP contribution in [-0.4, -0.2) is 41.0 Å². The van der Waals surface area contributed by atoms with Gasteiger partial charge in [-0.3, -0.25) is 9.59 Å². The molecule has 2 aliphatic rings. The molecule has 4 rings (SSSR count). The van der Waals surface area contributed by atoms with Gasteiger partial charge in [-0.15, -0.1) is 0 Å². The van der Waals surface area contributed by atoms with E-state index in [1.165, 1.54) is 0 Å². The first kappa shape index (κ1) is 19.9. The molecule has 29 heavy (non-hydrogen) atoms. The summed E-state index contributed by atoms with van der Waals surface area (Å²) in [6.07, 6.45) is 1.71. The molecule has 0 spiro atoms. The van der Waals surface area contributed by atoms with E-state index in [0.29, 0.717) is 18.7 Å². The zero-order valence-electron chi connectivity index (χ0n) is 16.1. The van der Waals surface area contributed by atoms with Crippen LogP contribution in [-0.2, 0) is 14.3 Å². The summed E-state index contributed by atoms with van der Waals surface area (Å²) in [6, 6.07) is 14.1. The molecular formula is C23H22BrNO4. The normalized spacial score (nSPS) is 23.7. The first-order valence-corrected chi connectivity index (χ1v) is 10.5. The molecule has 0 saturated carbocycles. The molecule has 2 fully saturated rings. The molecule has 5 nitrogen and oxygen atoms in total. The van der Waals surface area contributed by atoms with Crippen LogP contribution in [0, 0.1) is 6.92 Å². The third kappa shape index (κ3) is 3.87. The van der Waals surface area contributed by atoms with Gasteiger partial charge in [0.2, 0.25) is 0 Å². The number of benzene rings is 2. The second-order valence-corrected chi connectivity index (χ2v) is 8.42. The molecule has 1 N–H and O–H groups in total. The van der Waals surface area contributed by atoms with Gasteiger partial charge in [-0.05, 0) is 37.5 Å². The van der Waals surface area contributed by atoms with E-state index in [0.717, 1.165) is 28.4 Å². The molecule has 2 unspecified atom stereocenters. The summed E-state index contributed by atoms with van der Waals surface area (Å²) in [5.74, 6) is -1.40. The third-order valence-corrected chi connectivity index (χ3v) is 6.00. The molecule has 2 atom stereocenters. The zero-order chi connectivity index (χ0) is 20.5. The summed E-state index contributed by atoms with van der Waals surface area (Å²) in [5.41, 5.74) is 2.47. The average Bonchev–Trinajstić information content (AvgIpc) is 3.31. The number of halogens is 1. The van der Waals surface area contributed by atoms with Crippen molar-refractivity contribution < 1.29 is 19.4 Å². The monoisotopic (exact) mass is 455 g/mol. The second-order valence-electron chi connectivity index (χ2n) is 7.50. The first-order chi connectivity index (χ1) is 14.0. The average molecular weight is 456 g/mol. The number of nitrogens with zero attached hydrogens (tertiary/aromatic N) is 1. The maximum Gasteiger partial charge on any atom is 0.295 e. The van der Waals surface area contributed by atoms with Crippen LogP contribution in [0.5, 0.6) is 0 Å². The van der Waals surface area contributed by atoms with Crippen LogP contribution in [0.3, 0.4) is 0 Å². The maximum absolute atomic E-state index is 13.0. The molecule has 0 aliphatic carbocycles. The number of carbonyl (C=O) groups is 2. The predicted molar refractivity (Wildman–Crippen MR) is 113 cm³/mol. The lowest BCUT2D eigenvalue weighted by atomic mass is 9.95. The lowest BCUT2D eigenvalue weighted by molar-refractivity contribution is -0.140. The second kappa shape index (κ2) is 8.13. The van der Waals surface area contributed by atoms with Gasteiger partial charge in [0.15, 0.2) is 0 Å². The van der Waals surface area contributed by atoms with Crippen molar-refractivity contribution in [2.75, 3.05) is 13.2 Å². The minimum Gasteiger partial charge on any atom is -0.507 e. The molecule has 2 aromatic rings. The van der Waals surface area contributed by atoms with Gasteiger partial charge in [-0.25, -0.2) is 0 Å². The van der Waals surface area contributed by atoms with Gasteiger partial charge in [0.05, 0.1) is 17.7 Å². The number of rotatable bonds is 4. The van der Waals surface area contributed by atoms with Crippen molar-refractivity contribution in [1.82, 2.24) is 4.90 Å². The van der Waals surface area contributed by atoms with Crippen LogP contribution in [0.4, 0.5) is 0 Å². The highest BCUT2D eigenvalue weighted by Crippen LogP contribution is 2.40. The Labute approximate surface area is 178 Å². The standard InChI is InChI=1S/C23H22BrNO4/c1-14-4-6-16(7-5-14)21(26)19-20(15-8-10-17(24)11-9-15)25(23(28)22(19)27)13-18-3-2-12-29-18/h4-11,18,20,26H,2-3,12-13H2,1H3/b21-19-. The van der Waals surface area contributed by atoms with Gasteiger partial charge < -0.3 is 14.7 Å². The Morgan fingerprint density at radius 3 is 2.45 bits per heavy atom. The minimum absolute atomic E-state index is 0.0921. The number of aliphatic hydroxyl groups excluding tert-OH is 1. The lowest BCUT2D eigenvalue weighted by Gasteiger charge is -2.27. The molecule has 6 heteroatoms. The van der Waals surface area contributed by atoms with E-state index in [4.69, 9.17) is 4.74 Å². The topological polar surface area (TPSA) is 66.8 Å². The Hall–Kier alpha value is -2.44. The van der Waals surface area contributed by atoms with E-state index in [2.05, 4.69) is 15.9 Å². The number of aliphatic hydroxyl groups is 1. The highest BCUT2D eigenvalue weighted by Gasteiger charge is 2.47. The molecule has 150 valence electrons. The van der Waals surface area contributed by atoms with Crippen LogP contribution >= 0.6 is 15.9 Å². The van der Waals surface area contributed by atoms with Gasteiger partial charge in [-0.2, -0.15) is 0 Å². The number of aryl methyl sites for hydroxylation is 1. The molecule has 0 aromatic heterocycles. The van der Waals surface area contributed by atoms with Crippen LogP contribution in [0.25, 0.3) is 5.76 Å². The number of ketones is 1. The first-order valence-electron chi connectivity index (χ1n) is 9.68. The highest BCUT2D eigenvalue weighted by atomic mass is 79.9. The maximum atomic E-state index is 13.0. The number of amides is 1. The quantitative estimate of drug-likeness (QED) is 0.422. The number of likely N-dealkylation sites (tertiary alicyclic amines) is 1. The molecule has 1 amide bonds. The zero-order valence-corrected chi connectivity index (χ0v) is 17.7. The van der Waals surface area contributed by atoms with Gasteiger partial charge in [0.1, 0.15) is 5.76 Å². The van der Waals surface area contributed by atoms with Gasteiger partial charge in [0.25, 0.3) is 11.7 Å². The summed E-state index contributed by atoms with van der Waals surface area (Å²) in [5, 5.41) is 11.0. The molecule has 2 aliphatic heterocycles. The van der Waals surface area contributed by atoms with Crippen LogP contribution < -0.4 is 0 Å². The number of ether oxygens (including phenoxy) is 1. The minimum atomic E-state index is -0.658. The van der Waals surface area contributed by atoms with E-state index in [1.54, 1.807) is 17.0 Å². The van der Waals surface area contributed by atoms with Gasteiger partial charge in [-0.1, -0.05) is 57.9 Å². The fourth-order valence-electron chi connectivity index (χ4n) is 3.93. The Kier molecular flexibility index (Phi) is 5.56. The molecule has 2 saturated heterocycles. The van der Waals surface area contributed by atoms with Crippen molar-refractivity contribution in [1.29, 1.82) is 0 Å². The third-order valence-electron chi connectivity index (χ3n) is 5.48. The number of Topliss-reactive ketones (excluding diaryl/α,β-unsaturated/α-hetero) is 1. The Bertz CT molecular complexity index is 959. The van der Waals surface area contributed by atoms with E-state index in [-0.39, 0.29) is 17.4 Å². The molecule has 0 radical (unpaired) electrons. The van der Waals surface area contributed by atoms with Crippen molar-refractivity contribution >= 4 is 33.4 Å². The van der Waals surface area contributed by atoms with Crippen LogP contribution in [0.15, 0.2) is 58.6 Å². The van der Waals surface area contributed by atoms with Crippen molar-refractivity contribution in [2.24, 2.45) is 0 Å². The summed E-state index contributed by atoms with van der Waals surface area (Å²) >= 11 is 3.42. The summed E-state index contributed by atoms with van der Waals surface area (Å²) in [6.45, 7) is 2.95. The van der Waals surface area contributed by atoms with Crippen LogP contribution in [0.2, 0.25) is 0 Å². The smallest absolute Gasteiger partial charge is 0.295 e. The number of hydrogen-bond acceptors (Lipinski definition) is 4. The van der Waals surface area contributed by atoms with Crippen molar-refractivity contribution in [2.45, 2.75) is 31.9 Å². The largest absolute Gasteiger partial charge is 0.507 e. The summed E-state index contributed by atoms with van der Waals surface area (Å²) in [4.78, 5) is 27.4. The molecule has 2 heterocycles. The van der Waals surface area contributed by atoms with Gasteiger partial charge in [0, 0.05) is 23.2 Å². The summed E-state index contributed by atoms with van der Waals surface area (Å²) in [7, 11) is 0. The Morgan fingerprint density at radius 2 is 1.83 bits per heavy atom. The van der Waals surface area contributed by atoms with E-state index >= 15 is 0 Å². The Morgan fingerprint density at radius 1 is 1.14 bits per heavy atom. The SMILES string of the molecule is Cc1ccc(/C(O)=C2/C(=O)C(=O)N(CC3CCCO3)C2c2ccc(Br)cc2)cc1. The highest BCUT2D eigenvalue weighted by molar-refractivity contribution is 9.10. The lowest BCUT2D eigenvalue weighted by Crippen LogP contribution is -2.36. The van der Waals surface area contributed by atoms with Crippen molar-refractivity contribution in [3.8, 4) is 0 Å². The van der Waals surface area contributed by atoms with Crippen molar-refractivity contribution in [3.05, 3.63) is 75.3 Å². The van der Waals surface area contributed by atoms with E-state index in [1.807, 2.05) is 43.3 Å². The van der Waals surface area contributed by atoms with Crippen molar-refractivity contribution in [3.63, 3.8) is 0 Å². The fourth-order valence-corrected chi connectivity index (χ4v) is 4.20. The molecule has 2 aromatic carbocycles. The number of carbonyl (C=O) groups excluding carboxylic acids is 2. The summed E-state index contributed by atoms with van der Waals surface area (Å²) < 4.78 is 6.60. The van der Waals surface area contributed by atoms with E-state index in [9.17, 15) is 14.7 Å². The Balaban J connectivity index is 1.81.